The van der Waals surface area contributed by atoms with Crippen molar-refractivity contribution in [3.8, 4) is 0 Å². The number of esters is 1. The van der Waals surface area contributed by atoms with Crippen LogP contribution in [-0.4, -0.2) is 37.5 Å². The number of ether oxygens (including phenoxy) is 1. The first kappa shape index (κ1) is 17.4. The summed E-state index contributed by atoms with van der Waals surface area (Å²) in [6, 6.07) is 0. The summed E-state index contributed by atoms with van der Waals surface area (Å²) in [5, 5.41) is 5.37. The minimum atomic E-state index is -0.293. The van der Waals surface area contributed by atoms with Crippen LogP contribution in [0.1, 0.15) is 46.0 Å². The first-order valence-electron chi connectivity index (χ1n) is 6.73. The van der Waals surface area contributed by atoms with E-state index in [4.69, 9.17) is 4.74 Å². The molecule has 0 radical (unpaired) electrons. The molecular weight excluding hydrogens is 248 g/mol. The number of hydrogen-bond acceptors (Lipinski definition) is 4. The summed E-state index contributed by atoms with van der Waals surface area (Å²) in [6.45, 7) is 4.57. The molecule has 2 N–H and O–H groups in total. The Labute approximate surface area is 114 Å². The van der Waals surface area contributed by atoms with Crippen molar-refractivity contribution in [3.63, 3.8) is 0 Å². The van der Waals surface area contributed by atoms with Crippen LogP contribution in [-0.2, 0) is 19.1 Å². The average molecular weight is 272 g/mol. The molecule has 6 heteroatoms. The monoisotopic (exact) mass is 272 g/mol. The van der Waals surface area contributed by atoms with Crippen molar-refractivity contribution in [2.45, 2.75) is 46.0 Å². The van der Waals surface area contributed by atoms with Gasteiger partial charge in [-0.15, -0.1) is 0 Å². The maximum Gasteiger partial charge on any atom is 0.307 e. The number of carbonyl (C=O) groups is 3. The van der Waals surface area contributed by atoms with Crippen molar-refractivity contribution < 1.29 is 19.1 Å². The number of rotatable bonds is 10. The Morgan fingerprint density at radius 3 is 2.32 bits per heavy atom. The number of carbonyl (C=O) groups excluding carboxylic acids is 3. The Bertz CT molecular complexity index is 292. The molecule has 0 aromatic heterocycles. The van der Waals surface area contributed by atoms with E-state index in [0.717, 1.165) is 19.3 Å². The molecule has 2 amide bonds. The highest BCUT2D eigenvalue weighted by Gasteiger charge is 2.04. The number of unbranched alkanes of at least 4 members (excludes halogenated alkanes) is 2. The van der Waals surface area contributed by atoms with Crippen molar-refractivity contribution in [2.24, 2.45) is 0 Å². The van der Waals surface area contributed by atoms with Crippen LogP contribution in [0.15, 0.2) is 0 Å². The molecule has 0 aromatic carbocycles. The lowest BCUT2D eigenvalue weighted by atomic mass is 10.2. The van der Waals surface area contributed by atoms with E-state index in [1.807, 2.05) is 0 Å². The Balaban J connectivity index is 3.35. The van der Waals surface area contributed by atoms with Gasteiger partial charge in [-0.05, 0) is 19.8 Å². The zero-order valence-electron chi connectivity index (χ0n) is 11.8. The van der Waals surface area contributed by atoms with E-state index in [0.29, 0.717) is 26.1 Å². The minimum absolute atomic E-state index is 0.0308. The molecule has 0 unspecified atom stereocenters. The summed E-state index contributed by atoms with van der Waals surface area (Å²) in [7, 11) is 0. The van der Waals surface area contributed by atoms with Crippen LogP contribution in [0.5, 0.6) is 0 Å². The fraction of sp³-hybridized carbons (Fsp3) is 0.769. The smallest absolute Gasteiger partial charge is 0.307 e. The lowest BCUT2D eigenvalue weighted by molar-refractivity contribution is -0.143. The van der Waals surface area contributed by atoms with Gasteiger partial charge in [0, 0.05) is 26.4 Å². The van der Waals surface area contributed by atoms with Crippen LogP contribution >= 0.6 is 0 Å². The largest absolute Gasteiger partial charge is 0.466 e. The third-order valence-electron chi connectivity index (χ3n) is 2.41. The second-order valence-electron chi connectivity index (χ2n) is 4.20. The van der Waals surface area contributed by atoms with Gasteiger partial charge in [-0.1, -0.05) is 6.42 Å². The summed E-state index contributed by atoms with van der Waals surface area (Å²) in [5.74, 6) is -0.376. The third kappa shape index (κ3) is 12.7. The Morgan fingerprint density at radius 2 is 1.68 bits per heavy atom. The normalized spacial score (nSPS) is 9.79. The summed E-state index contributed by atoms with van der Waals surface area (Å²) in [6.07, 6.45) is 3.21. The third-order valence-corrected chi connectivity index (χ3v) is 2.41. The molecular formula is C13H24N2O4. The molecule has 0 aliphatic rings. The fourth-order valence-electron chi connectivity index (χ4n) is 1.48. The van der Waals surface area contributed by atoms with Gasteiger partial charge in [0.2, 0.25) is 11.8 Å². The molecule has 0 saturated heterocycles. The Hall–Kier alpha value is -1.59. The first-order chi connectivity index (χ1) is 9.06. The van der Waals surface area contributed by atoms with Crippen molar-refractivity contribution >= 4 is 17.8 Å². The molecule has 0 saturated carbocycles. The maximum atomic E-state index is 11.4. The van der Waals surface area contributed by atoms with Gasteiger partial charge in [0.1, 0.15) is 0 Å². The van der Waals surface area contributed by atoms with Gasteiger partial charge in [0.25, 0.3) is 0 Å². The van der Waals surface area contributed by atoms with Crippen LogP contribution < -0.4 is 10.6 Å². The molecule has 0 bridgehead atoms. The molecule has 6 nitrogen and oxygen atoms in total. The SMILES string of the molecule is CCOC(=O)CCNC(=O)CCCCCNC(C)=O. The van der Waals surface area contributed by atoms with Gasteiger partial charge in [0.05, 0.1) is 13.0 Å². The highest BCUT2D eigenvalue weighted by molar-refractivity contribution is 5.77. The first-order valence-corrected chi connectivity index (χ1v) is 6.73. The molecule has 110 valence electrons. The summed E-state index contributed by atoms with van der Waals surface area (Å²) >= 11 is 0. The highest BCUT2D eigenvalue weighted by Crippen LogP contribution is 1.99. The van der Waals surface area contributed by atoms with E-state index < -0.39 is 0 Å². The predicted molar refractivity (Wildman–Crippen MR) is 71.4 cm³/mol. The number of hydrogen-bond donors (Lipinski definition) is 2. The molecule has 0 fully saturated rings. The topological polar surface area (TPSA) is 84.5 Å². The standard InChI is InChI=1S/C13H24N2O4/c1-3-19-13(18)8-10-15-12(17)7-5-4-6-9-14-11(2)16/h3-10H2,1-2H3,(H,14,16)(H,15,17). The van der Waals surface area contributed by atoms with Gasteiger partial charge < -0.3 is 15.4 Å². The molecule has 0 rings (SSSR count). The fourth-order valence-corrected chi connectivity index (χ4v) is 1.48. The average Bonchev–Trinajstić information content (AvgIpc) is 2.33. The molecule has 0 atom stereocenters. The number of amides is 2. The van der Waals surface area contributed by atoms with Crippen LogP contribution in [0.25, 0.3) is 0 Å². The zero-order valence-corrected chi connectivity index (χ0v) is 11.8. The van der Waals surface area contributed by atoms with Crippen LogP contribution in [0.2, 0.25) is 0 Å². The zero-order chi connectivity index (χ0) is 14.5. The van der Waals surface area contributed by atoms with E-state index in [-0.39, 0.29) is 24.2 Å². The quantitative estimate of drug-likeness (QED) is 0.454. The van der Waals surface area contributed by atoms with E-state index in [2.05, 4.69) is 10.6 Å². The van der Waals surface area contributed by atoms with Crippen molar-refractivity contribution in [3.05, 3.63) is 0 Å². The highest BCUT2D eigenvalue weighted by atomic mass is 16.5. The van der Waals surface area contributed by atoms with E-state index in [9.17, 15) is 14.4 Å². The van der Waals surface area contributed by atoms with Crippen LogP contribution in [0.4, 0.5) is 0 Å². The number of nitrogens with one attached hydrogen (secondary N) is 2. The molecule has 19 heavy (non-hydrogen) atoms. The summed E-state index contributed by atoms with van der Waals surface area (Å²) in [5.41, 5.74) is 0. The van der Waals surface area contributed by atoms with Gasteiger partial charge in [-0.25, -0.2) is 0 Å². The van der Waals surface area contributed by atoms with Gasteiger partial charge >= 0.3 is 5.97 Å². The summed E-state index contributed by atoms with van der Waals surface area (Å²) < 4.78 is 4.74. The lowest BCUT2D eigenvalue weighted by Gasteiger charge is -2.05. The van der Waals surface area contributed by atoms with Crippen molar-refractivity contribution in [1.29, 1.82) is 0 Å². The molecule has 0 aliphatic carbocycles. The molecule has 0 spiro atoms. The van der Waals surface area contributed by atoms with E-state index >= 15 is 0 Å². The minimum Gasteiger partial charge on any atom is -0.466 e. The second kappa shape index (κ2) is 11.5. The maximum absolute atomic E-state index is 11.4. The molecule has 0 heterocycles. The Kier molecular flexibility index (Phi) is 10.5. The second-order valence-corrected chi connectivity index (χ2v) is 4.20. The van der Waals surface area contributed by atoms with Crippen LogP contribution in [0.3, 0.4) is 0 Å². The van der Waals surface area contributed by atoms with Crippen molar-refractivity contribution in [1.82, 2.24) is 10.6 Å². The van der Waals surface area contributed by atoms with Crippen LogP contribution in [0, 0.1) is 0 Å². The van der Waals surface area contributed by atoms with Gasteiger partial charge in [-0.2, -0.15) is 0 Å². The molecule has 0 aromatic rings. The van der Waals surface area contributed by atoms with E-state index in [1.54, 1.807) is 6.92 Å². The Morgan fingerprint density at radius 1 is 0.947 bits per heavy atom. The predicted octanol–water partition coefficient (Wildman–Crippen LogP) is 0.752. The summed E-state index contributed by atoms with van der Waals surface area (Å²) in [4.78, 5) is 33.0. The van der Waals surface area contributed by atoms with E-state index in [1.165, 1.54) is 6.92 Å². The molecule has 0 aliphatic heterocycles. The van der Waals surface area contributed by atoms with Gasteiger partial charge in [-0.3, -0.25) is 14.4 Å². The van der Waals surface area contributed by atoms with Crippen molar-refractivity contribution in [2.75, 3.05) is 19.7 Å². The lowest BCUT2D eigenvalue weighted by Crippen LogP contribution is -2.26. The van der Waals surface area contributed by atoms with Gasteiger partial charge in [0.15, 0.2) is 0 Å².